The van der Waals surface area contributed by atoms with Gasteiger partial charge >= 0.3 is 6.03 Å². The maximum Gasteiger partial charge on any atom is 0.325 e. The topological polar surface area (TPSA) is 78.5 Å². The van der Waals surface area contributed by atoms with Gasteiger partial charge in [0, 0.05) is 34.3 Å². The number of anilines is 1. The Kier molecular flexibility index (Phi) is 5.58. The number of carbonyl (C=O) groups is 3. The van der Waals surface area contributed by atoms with Gasteiger partial charge in [0.25, 0.3) is 5.91 Å². The number of carbonyl (C=O) groups excluding carboxylic acids is 3. The van der Waals surface area contributed by atoms with Gasteiger partial charge in [0.2, 0.25) is 5.91 Å². The number of benzene rings is 2. The molecule has 0 spiro atoms. The minimum absolute atomic E-state index is 0.110. The van der Waals surface area contributed by atoms with Crippen molar-refractivity contribution in [3.8, 4) is 0 Å². The molecule has 1 fully saturated rings. The second-order valence-electron chi connectivity index (χ2n) is 6.44. The Balaban J connectivity index is 1.68. The van der Waals surface area contributed by atoms with Gasteiger partial charge in [-0.2, -0.15) is 0 Å². The third kappa shape index (κ3) is 3.95. The van der Waals surface area contributed by atoms with Gasteiger partial charge in [0.15, 0.2) is 0 Å². The Hall–Kier alpha value is -2.64. The quantitative estimate of drug-likeness (QED) is 0.715. The number of nitrogens with zero attached hydrogens (tertiary/aromatic N) is 1. The molecule has 0 bridgehead atoms. The first kappa shape index (κ1) is 20.1. The normalized spacial score (nSPS) is 18.9. The number of hydrogen-bond donors (Lipinski definition) is 2. The number of halogens is 3. The molecule has 146 valence electrons. The molecule has 6 nitrogen and oxygen atoms in total. The van der Waals surface area contributed by atoms with E-state index in [0.29, 0.717) is 16.3 Å². The van der Waals surface area contributed by atoms with Gasteiger partial charge in [-0.05, 0) is 43.3 Å². The van der Waals surface area contributed by atoms with Crippen molar-refractivity contribution in [1.29, 1.82) is 0 Å². The van der Waals surface area contributed by atoms with Gasteiger partial charge < -0.3 is 10.6 Å². The average Bonchev–Trinajstić information content (AvgIpc) is 2.84. The zero-order valence-corrected chi connectivity index (χ0v) is 16.3. The zero-order valence-electron chi connectivity index (χ0n) is 14.8. The fourth-order valence-electron chi connectivity index (χ4n) is 2.95. The maximum atomic E-state index is 12.9. The molecule has 2 N–H and O–H groups in total. The molecule has 0 aliphatic carbocycles. The number of urea groups is 1. The third-order valence-corrected chi connectivity index (χ3v) is 4.98. The highest BCUT2D eigenvalue weighted by Gasteiger charge is 2.49. The molecule has 1 unspecified atom stereocenters. The van der Waals surface area contributed by atoms with E-state index >= 15 is 0 Å². The first-order valence-corrected chi connectivity index (χ1v) is 9.11. The molecule has 1 aliphatic rings. The van der Waals surface area contributed by atoms with E-state index in [1.165, 1.54) is 30.3 Å². The van der Waals surface area contributed by atoms with Crippen LogP contribution in [0.1, 0.15) is 18.9 Å². The summed E-state index contributed by atoms with van der Waals surface area (Å²) in [5, 5.41) is 5.86. The molecule has 1 aliphatic heterocycles. The van der Waals surface area contributed by atoms with Crippen LogP contribution >= 0.6 is 23.2 Å². The van der Waals surface area contributed by atoms with Crippen LogP contribution in [0.4, 0.5) is 14.9 Å². The summed E-state index contributed by atoms with van der Waals surface area (Å²) in [7, 11) is 0. The van der Waals surface area contributed by atoms with Crippen LogP contribution in [-0.2, 0) is 15.1 Å². The lowest BCUT2D eigenvalue weighted by molar-refractivity contribution is -0.131. The molecule has 0 saturated carbocycles. The Morgan fingerprint density at radius 3 is 2.50 bits per heavy atom. The molecule has 9 heteroatoms. The van der Waals surface area contributed by atoms with E-state index < -0.39 is 29.2 Å². The van der Waals surface area contributed by atoms with Crippen LogP contribution in [0.5, 0.6) is 0 Å². The van der Waals surface area contributed by atoms with Crippen molar-refractivity contribution in [2.24, 2.45) is 0 Å². The smallest absolute Gasteiger partial charge is 0.325 e. The summed E-state index contributed by atoms with van der Waals surface area (Å²) in [6.45, 7) is 1.43. The summed E-state index contributed by atoms with van der Waals surface area (Å²) in [5.41, 5.74) is -0.525. The summed E-state index contributed by atoms with van der Waals surface area (Å²) in [6, 6.07) is 9.29. The standard InChI is InChI=1S/C19H16Cl2FN3O3/c1-19(14-7-2-11(20)10-15(14)21)17(27)25(18(28)24-19)9-8-16(26)23-13-5-3-12(22)4-6-13/h2-7,10H,8-9H2,1H3,(H,23,26)(H,24,28). The van der Waals surface area contributed by atoms with Crippen LogP contribution in [-0.4, -0.2) is 29.3 Å². The molecule has 4 amide bonds. The molecular formula is C19H16Cl2FN3O3. The second-order valence-corrected chi connectivity index (χ2v) is 7.28. The first-order valence-electron chi connectivity index (χ1n) is 8.36. The largest absolute Gasteiger partial charge is 0.326 e. The molecule has 1 saturated heterocycles. The predicted octanol–water partition coefficient (Wildman–Crippen LogP) is 3.93. The number of hydrogen-bond acceptors (Lipinski definition) is 3. The minimum atomic E-state index is -1.35. The van der Waals surface area contributed by atoms with Crippen molar-refractivity contribution in [3.05, 3.63) is 63.9 Å². The van der Waals surface area contributed by atoms with Gasteiger partial charge in [0.05, 0.1) is 0 Å². The van der Waals surface area contributed by atoms with E-state index in [2.05, 4.69) is 10.6 Å². The molecule has 2 aromatic rings. The van der Waals surface area contributed by atoms with Crippen molar-refractivity contribution in [1.82, 2.24) is 10.2 Å². The van der Waals surface area contributed by atoms with E-state index in [1.54, 1.807) is 19.1 Å². The van der Waals surface area contributed by atoms with E-state index in [9.17, 15) is 18.8 Å². The highest BCUT2D eigenvalue weighted by Crippen LogP contribution is 2.35. The highest BCUT2D eigenvalue weighted by atomic mass is 35.5. The Morgan fingerprint density at radius 2 is 1.86 bits per heavy atom. The third-order valence-electron chi connectivity index (χ3n) is 4.44. The Bertz CT molecular complexity index is 952. The zero-order chi connectivity index (χ0) is 20.5. The molecule has 2 aromatic carbocycles. The van der Waals surface area contributed by atoms with Crippen molar-refractivity contribution in [2.45, 2.75) is 18.9 Å². The van der Waals surface area contributed by atoms with Crippen LogP contribution in [0.2, 0.25) is 10.0 Å². The van der Waals surface area contributed by atoms with Crippen molar-refractivity contribution in [2.75, 3.05) is 11.9 Å². The predicted molar refractivity (Wildman–Crippen MR) is 104 cm³/mol. The molecule has 1 atom stereocenters. The SMILES string of the molecule is CC1(c2ccc(Cl)cc2Cl)NC(=O)N(CCC(=O)Nc2ccc(F)cc2)C1=O. The van der Waals surface area contributed by atoms with Crippen molar-refractivity contribution >= 4 is 46.7 Å². The lowest BCUT2D eigenvalue weighted by Crippen LogP contribution is -2.41. The summed E-state index contributed by atoms with van der Waals surface area (Å²) < 4.78 is 12.9. The van der Waals surface area contributed by atoms with Crippen LogP contribution in [0.15, 0.2) is 42.5 Å². The second kappa shape index (κ2) is 7.77. The van der Waals surface area contributed by atoms with E-state index in [0.717, 1.165) is 4.90 Å². The van der Waals surface area contributed by atoms with Crippen LogP contribution < -0.4 is 10.6 Å². The van der Waals surface area contributed by atoms with Crippen molar-refractivity contribution < 1.29 is 18.8 Å². The lowest BCUT2D eigenvalue weighted by Gasteiger charge is -2.23. The van der Waals surface area contributed by atoms with Gasteiger partial charge in [-0.1, -0.05) is 29.3 Å². The van der Waals surface area contributed by atoms with Crippen LogP contribution in [0, 0.1) is 5.82 Å². The molecule has 0 radical (unpaired) electrons. The average molecular weight is 424 g/mol. The number of amides is 4. The van der Waals surface area contributed by atoms with Gasteiger partial charge in [-0.15, -0.1) is 0 Å². The maximum absolute atomic E-state index is 12.9. The molecule has 1 heterocycles. The fraction of sp³-hybridized carbons (Fsp3) is 0.211. The van der Waals surface area contributed by atoms with Crippen LogP contribution in [0.25, 0.3) is 0 Å². The van der Waals surface area contributed by atoms with Gasteiger partial charge in [-0.25, -0.2) is 9.18 Å². The Morgan fingerprint density at radius 1 is 1.18 bits per heavy atom. The summed E-state index contributed by atoms with van der Waals surface area (Å²) in [4.78, 5) is 38.2. The number of imide groups is 1. The van der Waals surface area contributed by atoms with Gasteiger partial charge in [0.1, 0.15) is 11.4 Å². The summed E-state index contributed by atoms with van der Waals surface area (Å²) >= 11 is 12.1. The number of nitrogens with one attached hydrogen (secondary N) is 2. The molecule has 3 rings (SSSR count). The minimum Gasteiger partial charge on any atom is -0.326 e. The summed E-state index contributed by atoms with van der Waals surface area (Å²) in [6.07, 6.45) is -0.110. The first-order chi connectivity index (χ1) is 13.2. The van der Waals surface area contributed by atoms with Crippen LogP contribution in [0.3, 0.4) is 0 Å². The van der Waals surface area contributed by atoms with E-state index in [-0.39, 0.29) is 18.0 Å². The molecular weight excluding hydrogens is 408 g/mol. The van der Waals surface area contributed by atoms with Crippen molar-refractivity contribution in [3.63, 3.8) is 0 Å². The highest BCUT2D eigenvalue weighted by molar-refractivity contribution is 6.35. The fourth-order valence-corrected chi connectivity index (χ4v) is 3.55. The van der Waals surface area contributed by atoms with E-state index in [4.69, 9.17) is 23.2 Å². The lowest BCUT2D eigenvalue weighted by atomic mass is 9.92. The number of rotatable bonds is 5. The molecule has 0 aromatic heterocycles. The van der Waals surface area contributed by atoms with Gasteiger partial charge in [-0.3, -0.25) is 14.5 Å². The Labute approximate surface area is 170 Å². The van der Waals surface area contributed by atoms with E-state index in [1.807, 2.05) is 0 Å². The summed E-state index contributed by atoms with van der Waals surface area (Å²) in [5.74, 6) is -1.35. The molecule has 28 heavy (non-hydrogen) atoms. The monoisotopic (exact) mass is 423 g/mol.